The van der Waals surface area contributed by atoms with Crippen LogP contribution in [0, 0.1) is 12.8 Å². The summed E-state index contributed by atoms with van der Waals surface area (Å²) in [6, 6.07) is 17.5. The first-order valence-electron chi connectivity index (χ1n) is 13.7. The summed E-state index contributed by atoms with van der Waals surface area (Å²) in [6.45, 7) is 6.84. The van der Waals surface area contributed by atoms with E-state index in [1.165, 1.54) is 11.3 Å². The fourth-order valence-electron chi connectivity index (χ4n) is 4.93. The lowest BCUT2D eigenvalue weighted by Crippen LogP contribution is -2.42. The number of piperidine rings is 1. The first-order valence-corrected chi connectivity index (χ1v) is 16.1. The van der Waals surface area contributed by atoms with Crippen molar-refractivity contribution in [3.8, 4) is 26.9 Å². The number of nitrogens with one attached hydrogen (secondary N) is 2. The molecule has 0 aliphatic carbocycles. The van der Waals surface area contributed by atoms with E-state index in [1.807, 2.05) is 69.3 Å². The summed E-state index contributed by atoms with van der Waals surface area (Å²) in [7, 11) is -3.36. The molecule has 1 saturated heterocycles. The van der Waals surface area contributed by atoms with Crippen LogP contribution in [0.2, 0.25) is 0 Å². The van der Waals surface area contributed by atoms with Crippen molar-refractivity contribution in [1.29, 1.82) is 0 Å². The number of thiophene rings is 1. The van der Waals surface area contributed by atoms with Crippen LogP contribution >= 0.6 is 11.3 Å². The number of benzene rings is 2. The van der Waals surface area contributed by atoms with Gasteiger partial charge in [-0.1, -0.05) is 56.3 Å². The zero-order valence-corrected chi connectivity index (χ0v) is 25.0. The van der Waals surface area contributed by atoms with E-state index < -0.39 is 10.0 Å². The highest BCUT2D eigenvalue weighted by atomic mass is 32.2. The van der Waals surface area contributed by atoms with Crippen molar-refractivity contribution in [3.05, 3.63) is 65.7 Å². The van der Waals surface area contributed by atoms with Gasteiger partial charge >= 0.3 is 5.97 Å². The molecule has 0 radical (unpaired) electrons. The number of nitrogens with zero attached hydrogens (tertiary/aromatic N) is 4. The maximum Gasteiger partial charge on any atom is 0.311 e. The molecule has 4 aromatic rings. The zero-order valence-electron chi connectivity index (χ0n) is 23.3. The number of sulfonamides is 1. The quantitative estimate of drug-likeness (QED) is 0.238. The lowest BCUT2D eigenvalue weighted by atomic mass is 10.0. The van der Waals surface area contributed by atoms with E-state index in [0.717, 1.165) is 27.3 Å². The number of carbonyl (C=O) groups is 1. The highest BCUT2D eigenvalue weighted by Crippen LogP contribution is 2.46. The SMILES string of the molecule is Cc1c(-c2cccc(NC3CCN(S(=O)(=O)Cc4ccccc4)CC3)c2)sc(-c2nn[nH]n2)c1OC(=O)CC(C)C. The van der Waals surface area contributed by atoms with Gasteiger partial charge in [0.05, 0.1) is 5.75 Å². The Balaban J connectivity index is 1.29. The van der Waals surface area contributed by atoms with Gasteiger partial charge in [0, 0.05) is 41.7 Å². The highest BCUT2D eigenvalue weighted by Gasteiger charge is 2.28. The van der Waals surface area contributed by atoms with E-state index in [4.69, 9.17) is 4.74 Å². The van der Waals surface area contributed by atoms with Crippen molar-refractivity contribution < 1.29 is 17.9 Å². The maximum atomic E-state index is 12.9. The van der Waals surface area contributed by atoms with Crippen molar-refractivity contribution in [2.24, 2.45) is 5.92 Å². The summed E-state index contributed by atoms with van der Waals surface area (Å²) in [6.07, 6.45) is 1.74. The fraction of sp³-hybridized carbons (Fsp3) is 0.379. The summed E-state index contributed by atoms with van der Waals surface area (Å²) in [4.78, 5) is 14.2. The Kier molecular flexibility index (Phi) is 8.81. The Bertz CT molecular complexity index is 1580. The molecule has 10 nitrogen and oxygen atoms in total. The van der Waals surface area contributed by atoms with Gasteiger partial charge in [-0.25, -0.2) is 12.7 Å². The van der Waals surface area contributed by atoms with Crippen molar-refractivity contribution in [1.82, 2.24) is 24.9 Å². The predicted octanol–water partition coefficient (Wildman–Crippen LogP) is 5.26. The molecule has 1 fully saturated rings. The van der Waals surface area contributed by atoms with Gasteiger partial charge in [-0.3, -0.25) is 4.79 Å². The molecule has 2 N–H and O–H groups in total. The molecule has 2 aromatic heterocycles. The van der Waals surface area contributed by atoms with Gasteiger partial charge in [0.2, 0.25) is 15.8 Å². The van der Waals surface area contributed by atoms with Crippen LogP contribution in [0.1, 0.15) is 44.2 Å². The second kappa shape index (κ2) is 12.5. The van der Waals surface area contributed by atoms with E-state index in [1.54, 1.807) is 4.31 Å². The Hall–Kier alpha value is -3.61. The molecule has 12 heteroatoms. The molecule has 0 spiro atoms. The van der Waals surface area contributed by atoms with Gasteiger partial charge in [-0.05, 0) is 54.2 Å². The Labute approximate surface area is 244 Å². The second-order valence-corrected chi connectivity index (χ2v) is 13.7. The summed E-state index contributed by atoms with van der Waals surface area (Å²) in [5, 5.41) is 18.0. The molecule has 0 saturated carbocycles. The average Bonchev–Trinajstić information content (AvgIpc) is 3.58. The smallest absolute Gasteiger partial charge is 0.311 e. The lowest BCUT2D eigenvalue weighted by molar-refractivity contribution is -0.135. The third kappa shape index (κ3) is 7.00. The molecule has 41 heavy (non-hydrogen) atoms. The number of carbonyl (C=O) groups excluding carboxylic acids is 1. The second-order valence-electron chi connectivity index (χ2n) is 10.7. The van der Waals surface area contributed by atoms with Crippen LogP contribution in [0.25, 0.3) is 21.1 Å². The summed E-state index contributed by atoms with van der Waals surface area (Å²) in [5.41, 5.74) is 3.55. The van der Waals surface area contributed by atoms with Gasteiger partial charge < -0.3 is 10.1 Å². The zero-order chi connectivity index (χ0) is 29.0. The van der Waals surface area contributed by atoms with Gasteiger partial charge in [0.25, 0.3) is 0 Å². The van der Waals surface area contributed by atoms with Crippen LogP contribution in [0.15, 0.2) is 54.6 Å². The molecular weight excluding hydrogens is 560 g/mol. The van der Waals surface area contributed by atoms with E-state index >= 15 is 0 Å². The normalized spacial score (nSPS) is 14.8. The number of ether oxygens (including phenoxy) is 1. The third-order valence-corrected chi connectivity index (χ3v) is 10.1. The van der Waals surface area contributed by atoms with Gasteiger partial charge in [0.15, 0.2) is 5.75 Å². The van der Waals surface area contributed by atoms with E-state index in [9.17, 15) is 13.2 Å². The van der Waals surface area contributed by atoms with Crippen molar-refractivity contribution in [3.63, 3.8) is 0 Å². The Morgan fingerprint density at radius 1 is 1.12 bits per heavy atom. The number of esters is 1. The van der Waals surface area contributed by atoms with Crippen LogP contribution in [0.4, 0.5) is 5.69 Å². The number of rotatable bonds is 10. The minimum absolute atomic E-state index is 0.0226. The summed E-state index contributed by atoms with van der Waals surface area (Å²) >= 11 is 1.45. The number of aromatic nitrogens is 4. The minimum Gasteiger partial charge on any atom is -0.425 e. The average molecular weight is 595 g/mol. The first kappa shape index (κ1) is 28.9. The Morgan fingerprint density at radius 3 is 2.56 bits per heavy atom. The van der Waals surface area contributed by atoms with Crippen LogP contribution in [-0.2, 0) is 20.6 Å². The standard InChI is InChI=1S/C29H34N6O4S2/c1-19(2)16-25(36)39-26-20(3)27(40-28(26)29-31-33-34-32-29)22-10-7-11-24(17-22)30-23-12-14-35(15-13-23)41(37,38)18-21-8-5-4-6-9-21/h4-11,17,19,23,30H,12-16,18H2,1-3H3,(H,31,32,33,34). The summed E-state index contributed by atoms with van der Waals surface area (Å²) < 4.78 is 33.3. The Morgan fingerprint density at radius 2 is 1.88 bits per heavy atom. The van der Waals surface area contributed by atoms with Crippen LogP contribution in [-0.4, -0.2) is 58.4 Å². The lowest BCUT2D eigenvalue weighted by Gasteiger charge is -2.32. The molecular formula is C29H34N6O4S2. The van der Waals surface area contributed by atoms with E-state index in [2.05, 4.69) is 32.0 Å². The molecule has 0 atom stereocenters. The number of tetrazole rings is 1. The largest absolute Gasteiger partial charge is 0.425 e. The number of hydrogen-bond acceptors (Lipinski definition) is 9. The minimum atomic E-state index is -3.36. The van der Waals surface area contributed by atoms with Crippen molar-refractivity contribution >= 4 is 33.0 Å². The van der Waals surface area contributed by atoms with Crippen LogP contribution in [0.5, 0.6) is 5.75 Å². The fourth-order valence-corrected chi connectivity index (χ4v) is 7.65. The monoisotopic (exact) mass is 594 g/mol. The van der Waals surface area contributed by atoms with Gasteiger partial charge in [-0.15, -0.1) is 21.5 Å². The predicted molar refractivity (Wildman–Crippen MR) is 160 cm³/mol. The first-order chi connectivity index (χ1) is 19.7. The molecule has 5 rings (SSSR count). The molecule has 2 aromatic carbocycles. The molecule has 1 aliphatic heterocycles. The van der Waals surface area contributed by atoms with Crippen LogP contribution in [0.3, 0.4) is 0 Å². The topological polar surface area (TPSA) is 130 Å². The molecule has 0 amide bonds. The molecule has 0 unspecified atom stereocenters. The van der Waals surface area contributed by atoms with Gasteiger partial charge in [0.1, 0.15) is 4.88 Å². The van der Waals surface area contributed by atoms with E-state index in [0.29, 0.717) is 48.8 Å². The van der Waals surface area contributed by atoms with Crippen molar-refractivity contribution in [2.45, 2.75) is 51.8 Å². The molecule has 216 valence electrons. The highest BCUT2D eigenvalue weighted by molar-refractivity contribution is 7.88. The number of aromatic amines is 1. The number of H-pyrrole nitrogens is 1. The number of hydrogen-bond donors (Lipinski definition) is 2. The van der Waals surface area contributed by atoms with Crippen LogP contribution < -0.4 is 10.1 Å². The number of anilines is 1. The summed E-state index contributed by atoms with van der Waals surface area (Å²) in [5.74, 6) is 0.728. The van der Waals surface area contributed by atoms with Gasteiger partial charge in [-0.2, -0.15) is 5.21 Å². The van der Waals surface area contributed by atoms with Crippen molar-refractivity contribution in [2.75, 3.05) is 18.4 Å². The maximum absolute atomic E-state index is 12.9. The third-order valence-electron chi connectivity index (χ3n) is 6.97. The molecule has 1 aliphatic rings. The van der Waals surface area contributed by atoms with E-state index in [-0.39, 0.29) is 23.7 Å². The molecule has 3 heterocycles. The molecule has 0 bridgehead atoms.